The summed E-state index contributed by atoms with van der Waals surface area (Å²) in [6, 6.07) is 5.20. The lowest BCUT2D eigenvalue weighted by Gasteiger charge is -2.16. The van der Waals surface area contributed by atoms with E-state index >= 15 is 0 Å². The molecule has 0 fully saturated rings. The van der Waals surface area contributed by atoms with Crippen LogP contribution < -0.4 is 20.5 Å². The number of methoxy groups -OCH3 is 2. The Kier molecular flexibility index (Phi) is 7.38. The van der Waals surface area contributed by atoms with Gasteiger partial charge in [-0.05, 0) is 33.4 Å². The third-order valence-corrected chi connectivity index (χ3v) is 5.96. The number of hydrogen-bond acceptors (Lipinski definition) is 7. The Hall–Kier alpha value is -2.52. The van der Waals surface area contributed by atoms with Gasteiger partial charge in [-0.3, -0.25) is 9.36 Å². The largest absolute Gasteiger partial charge is 0.497 e. The molecule has 30 heavy (non-hydrogen) atoms. The van der Waals surface area contributed by atoms with Gasteiger partial charge in [-0.25, -0.2) is 4.79 Å². The second-order valence-electron chi connectivity index (χ2n) is 7.37. The first-order valence-corrected chi connectivity index (χ1v) is 10.8. The average molecular weight is 433 g/mol. The number of hydrogen-bond donors (Lipinski definition) is 1. The van der Waals surface area contributed by atoms with E-state index in [9.17, 15) is 9.59 Å². The summed E-state index contributed by atoms with van der Waals surface area (Å²) in [5, 5.41) is 3.52. The van der Waals surface area contributed by atoms with Crippen LogP contribution in [0.15, 0.2) is 28.0 Å². The van der Waals surface area contributed by atoms with E-state index in [1.54, 1.807) is 37.0 Å². The molecular weight excluding hydrogens is 404 g/mol. The molecule has 1 N–H and O–H groups in total. The second-order valence-corrected chi connectivity index (χ2v) is 8.34. The average Bonchev–Trinajstić information content (AvgIpc) is 3.20. The van der Waals surface area contributed by atoms with E-state index in [-0.39, 0.29) is 17.3 Å². The molecule has 0 aliphatic heterocycles. The van der Waals surface area contributed by atoms with Crippen LogP contribution in [0.2, 0.25) is 0 Å². The van der Waals surface area contributed by atoms with Gasteiger partial charge in [-0.2, -0.15) is 4.98 Å². The number of benzene rings is 1. The van der Waals surface area contributed by atoms with E-state index < -0.39 is 0 Å². The van der Waals surface area contributed by atoms with Crippen molar-refractivity contribution >= 4 is 23.4 Å². The van der Waals surface area contributed by atoms with E-state index in [1.165, 1.54) is 11.8 Å². The minimum absolute atomic E-state index is 0.167. The van der Waals surface area contributed by atoms with Crippen molar-refractivity contribution in [1.29, 1.82) is 0 Å². The molecule has 0 unspecified atom stereocenters. The first kappa shape index (κ1) is 22.2. The lowest BCUT2D eigenvalue weighted by atomic mass is 10.2. The van der Waals surface area contributed by atoms with Crippen molar-refractivity contribution in [1.82, 2.24) is 14.5 Å². The summed E-state index contributed by atoms with van der Waals surface area (Å²) in [6.07, 6.45) is 2.78. The molecule has 1 aliphatic carbocycles. The Bertz CT molecular complexity index is 952. The van der Waals surface area contributed by atoms with Crippen molar-refractivity contribution in [2.75, 3.05) is 45.9 Å². The normalized spacial score (nSPS) is 12.7. The monoisotopic (exact) mass is 432 g/mol. The molecule has 1 heterocycles. The molecule has 0 bridgehead atoms. The van der Waals surface area contributed by atoms with Crippen molar-refractivity contribution in [2.24, 2.45) is 0 Å². The van der Waals surface area contributed by atoms with E-state index in [1.807, 2.05) is 19.0 Å². The lowest BCUT2D eigenvalue weighted by molar-refractivity contribution is -0.113. The highest BCUT2D eigenvalue weighted by Crippen LogP contribution is 2.30. The Morgan fingerprint density at radius 3 is 2.53 bits per heavy atom. The van der Waals surface area contributed by atoms with Crippen molar-refractivity contribution in [3.05, 3.63) is 39.9 Å². The number of likely N-dealkylation sites (N-methyl/N-ethyl adjacent to an activating group) is 1. The second kappa shape index (κ2) is 9.99. The molecule has 8 nitrogen and oxygen atoms in total. The van der Waals surface area contributed by atoms with Crippen LogP contribution in [0.3, 0.4) is 0 Å². The fourth-order valence-corrected chi connectivity index (χ4v) is 4.32. The fourth-order valence-electron chi connectivity index (χ4n) is 3.45. The summed E-state index contributed by atoms with van der Waals surface area (Å²) >= 11 is 1.31. The Morgan fingerprint density at radius 1 is 1.20 bits per heavy atom. The highest BCUT2D eigenvalue weighted by Gasteiger charge is 2.22. The van der Waals surface area contributed by atoms with Crippen molar-refractivity contribution < 1.29 is 14.3 Å². The van der Waals surface area contributed by atoms with E-state index in [0.29, 0.717) is 28.8 Å². The minimum atomic E-state index is -0.238. The van der Waals surface area contributed by atoms with E-state index in [4.69, 9.17) is 9.47 Å². The van der Waals surface area contributed by atoms with Crippen molar-refractivity contribution in [3.63, 3.8) is 0 Å². The van der Waals surface area contributed by atoms with Gasteiger partial charge >= 0.3 is 5.69 Å². The number of aromatic nitrogens is 2. The van der Waals surface area contributed by atoms with Gasteiger partial charge in [-0.1, -0.05) is 11.8 Å². The zero-order valence-electron chi connectivity index (χ0n) is 17.9. The summed E-state index contributed by atoms with van der Waals surface area (Å²) in [5.74, 6) is 1.18. The van der Waals surface area contributed by atoms with Gasteiger partial charge in [0.1, 0.15) is 16.5 Å². The predicted octanol–water partition coefficient (Wildman–Crippen LogP) is 2.04. The highest BCUT2D eigenvalue weighted by atomic mass is 32.2. The molecule has 1 aliphatic rings. The summed E-state index contributed by atoms with van der Waals surface area (Å²) < 4.78 is 12.2. The van der Waals surface area contributed by atoms with Gasteiger partial charge in [0.2, 0.25) is 5.91 Å². The number of ether oxygens (including phenoxy) is 2. The number of anilines is 1. The Morgan fingerprint density at radius 2 is 1.90 bits per heavy atom. The molecule has 0 spiro atoms. The highest BCUT2D eigenvalue weighted by molar-refractivity contribution is 8.00. The smallest absolute Gasteiger partial charge is 0.348 e. The van der Waals surface area contributed by atoms with Crippen molar-refractivity contribution in [3.8, 4) is 11.5 Å². The predicted molar refractivity (Wildman–Crippen MR) is 118 cm³/mol. The van der Waals surface area contributed by atoms with Crippen LogP contribution in [0.1, 0.15) is 17.7 Å². The Labute approximate surface area is 180 Å². The number of fused-ring (bicyclic) bond motifs is 1. The van der Waals surface area contributed by atoms with Crippen molar-refractivity contribution in [2.45, 2.75) is 30.8 Å². The van der Waals surface area contributed by atoms with Crippen LogP contribution in [-0.2, 0) is 24.2 Å². The molecule has 1 aromatic heterocycles. The first-order chi connectivity index (χ1) is 14.4. The molecule has 0 saturated carbocycles. The molecule has 1 amide bonds. The van der Waals surface area contributed by atoms with E-state index in [0.717, 1.165) is 37.1 Å². The molecule has 2 aromatic rings. The lowest BCUT2D eigenvalue weighted by Crippen LogP contribution is -2.31. The summed E-state index contributed by atoms with van der Waals surface area (Å²) in [5.41, 5.74) is 2.53. The van der Waals surface area contributed by atoms with Crippen LogP contribution >= 0.6 is 11.8 Å². The number of thioether (sulfide) groups is 1. The van der Waals surface area contributed by atoms with Gasteiger partial charge in [0.05, 0.1) is 20.0 Å². The van der Waals surface area contributed by atoms with Gasteiger partial charge < -0.3 is 19.7 Å². The standard InChI is InChI=1S/C21H28N4O4S/c1-24(2)8-9-25-18-7-5-6-17(18)20(23-21(25)27)30-13-19(26)22-14-10-15(28-3)12-16(11-14)29-4/h10-12H,5-9,13H2,1-4H3,(H,22,26). The Balaban J connectivity index is 1.70. The first-order valence-electron chi connectivity index (χ1n) is 9.84. The van der Waals surface area contributed by atoms with Gasteiger partial charge in [0, 0.05) is 48.2 Å². The molecule has 0 radical (unpaired) electrons. The number of carbonyl (C=O) groups is 1. The molecule has 162 valence electrons. The van der Waals surface area contributed by atoms with Gasteiger partial charge in [-0.15, -0.1) is 0 Å². The van der Waals surface area contributed by atoms with Crippen LogP contribution in [0.4, 0.5) is 5.69 Å². The maximum Gasteiger partial charge on any atom is 0.348 e. The molecular formula is C21H28N4O4S. The van der Waals surface area contributed by atoms with Crippen LogP contribution in [0.25, 0.3) is 0 Å². The summed E-state index contributed by atoms with van der Waals surface area (Å²) in [7, 11) is 7.09. The number of nitrogens with one attached hydrogen (secondary N) is 1. The van der Waals surface area contributed by atoms with Crippen LogP contribution in [-0.4, -0.2) is 61.0 Å². The SMILES string of the molecule is COc1cc(NC(=O)CSc2nc(=O)n(CCN(C)C)c3c2CCC3)cc(OC)c1. The number of amides is 1. The number of nitrogens with zero attached hydrogens (tertiary/aromatic N) is 3. The minimum Gasteiger partial charge on any atom is -0.497 e. The molecule has 3 rings (SSSR count). The van der Waals surface area contributed by atoms with Gasteiger partial charge in [0.15, 0.2) is 0 Å². The molecule has 0 atom stereocenters. The molecule has 0 saturated heterocycles. The zero-order valence-corrected chi connectivity index (χ0v) is 18.7. The van der Waals surface area contributed by atoms with E-state index in [2.05, 4.69) is 10.3 Å². The molecule has 9 heteroatoms. The number of rotatable bonds is 9. The van der Waals surface area contributed by atoms with Gasteiger partial charge in [0.25, 0.3) is 0 Å². The molecule has 1 aromatic carbocycles. The number of carbonyl (C=O) groups excluding carboxylic acids is 1. The quantitative estimate of drug-likeness (QED) is 0.479. The topological polar surface area (TPSA) is 85.7 Å². The third kappa shape index (κ3) is 5.34. The van der Waals surface area contributed by atoms with Crippen LogP contribution in [0.5, 0.6) is 11.5 Å². The van der Waals surface area contributed by atoms with Crippen LogP contribution in [0, 0.1) is 0 Å². The maximum atomic E-state index is 12.6. The summed E-state index contributed by atoms with van der Waals surface area (Å²) in [4.78, 5) is 31.4. The third-order valence-electron chi connectivity index (χ3n) is 4.95. The zero-order chi connectivity index (χ0) is 21.7. The summed E-state index contributed by atoms with van der Waals surface area (Å²) in [6.45, 7) is 1.41. The fraction of sp³-hybridized carbons (Fsp3) is 0.476. The maximum absolute atomic E-state index is 12.6.